The molecule has 1 fully saturated rings. The highest BCUT2D eigenvalue weighted by atomic mass is 32.2. The van der Waals surface area contributed by atoms with Crippen molar-refractivity contribution in [1.82, 2.24) is 9.62 Å². The van der Waals surface area contributed by atoms with Gasteiger partial charge in [-0.15, -0.1) is 0 Å². The van der Waals surface area contributed by atoms with Crippen LogP contribution in [-0.2, 0) is 19.9 Å². The normalized spacial score (nSPS) is 16.3. The topological polar surface area (TPSA) is 101 Å². The molecule has 9 heteroatoms. The van der Waals surface area contributed by atoms with Gasteiger partial charge in [0.15, 0.2) is 9.84 Å². The number of carbonyl (C=O) groups is 1. The van der Waals surface area contributed by atoms with Gasteiger partial charge in [-0.1, -0.05) is 19.1 Å². The minimum absolute atomic E-state index is 0.185. The summed E-state index contributed by atoms with van der Waals surface area (Å²) in [6, 6.07) is 12.1. The Bertz CT molecular complexity index is 1100. The van der Waals surface area contributed by atoms with Crippen LogP contribution in [-0.4, -0.2) is 46.4 Å². The summed E-state index contributed by atoms with van der Waals surface area (Å²) < 4.78 is 49.9. The highest BCUT2D eigenvalue weighted by molar-refractivity contribution is 7.90. The van der Waals surface area contributed by atoms with Crippen molar-refractivity contribution in [2.45, 2.75) is 42.0 Å². The first kappa shape index (κ1) is 22.5. The number of amides is 1. The van der Waals surface area contributed by atoms with Crippen LogP contribution in [0, 0.1) is 0 Å². The maximum atomic E-state index is 12.7. The molecule has 1 N–H and O–H groups in total. The summed E-state index contributed by atoms with van der Waals surface area (Å²) in [6.07, 6.45) is 3.49. The molecule has 1 heterocycles. The Morgan fingerprint density at radius 3 is 1.97 bits per heavy atom. The van der Waals surface area contributed by atoms with Crippen LogP contribution >= 0.6 is 0 Å². The maximum absolute atomic E-state index is 12.7. The average molecular weight is 451 g/mol. The number of rotatable bonds is 7. The molecule has 0 aromatic heterocycles. The van der Waals surface area contributed by atoms with E-state index >= 15 is 0 Å². The van der Waals surface area contributed by atoms with Crippen molar-refractivity contribution in [3.63, 3.8) is 0 Å². The summed E-state index contributed by atoms with van der Waals surface area (Å²) in [4.78, 5) is 13.1. The van der Waals surface area contributed by atoms with Gasteiger partial charge >= 0.3 is 0 Å². The minimum atomic E-state index is -3.52. The predicted octanol–water partition coefficient (Wildman–Crippen LogP) is 2.76. The van der Waals surface area contributed by atoms with Crippen LogP contribution in [0.25, 0.3) is 0 Å². The lowest BCUT2D eigenvalue weighted by Crippen LogP contribution is -2.29. The Labute approximate surface area is 178 Å². The molecule has 0 aliphatic carbocycles. The van der Waals surface area contributed by atoms with E-state index in [1.807, 2.05) is 6.92 Å². The van der Waals surface area contributed by atoms with Crippen molar-refractivity contribution in [2.24, 2.45) is 0 Å². The third-order valence-corrected chi connectivity index (χ3v) is 8.28. The van der Waals surface area contributed by atoms with E-state index in [-0.39, 0.29) is 21.7 Å². The Morgan fingerprint density at radius 2 is 1.47 bits per heavy atom. The molecule has 2 aromatic rings. The number of nitrogens with zero attached hydrogens (tertiary/aromatic N) is 1. The second-order valence-electron chi connectivity index (χ2n) is 7.41. The molecule has 2 aromatic carbocycles. The molecule has 0 unspecified atom stereocenters. The van der Waals surface area contributed by atoms with E-state index in [9.17, 15) is 21.6 Å². The summed E-state index contributed by atoms with van der Waals surface area (Å²) >= 11 is 0. The number of hydrogen-bond donors (Lipinski definition) is 1. The summed E-state index contributed by atoms with van der Waals surface area (Å²) in [5.41, 5.74) is 1.16. The van der Waals surface area contributed by atoms with Crippen LogP contribution in [0.1, 0.15) is 48.1 Å². The van der Waals surface area contributed by atoms with Crippen LogP contribution in [0.4, 0.5) is 0 Å². The van der Waals surface area contributed by atoms with E-state index in [0.29, 0.717) is 25.1 Å². The van der Waals surface area contributed by atoms with Crippen LogP contribution in [0.2, 0.25) is 0 Å². The van der Waals surface area contributed by atoms with Crippen molar-refractivity contribution in [3.05, 3.63) is 59.7 Å². The lowest BCUT2D eigenvalue weighted by Gasteiger charge is -2.18. The fourth-order valence-electron chi connectivity index (χ4n) is 3.47. The fourth-order valence-corrected chi connectivity index (χ4v) is 5.61. The number of hydrogen-bond acceptors (Lipinski definition) is 5. The van der Waals surface area contributed by atoms with E-state index in [0.717, 1.165) is 24.7 Å². The minimum Gasteiger partial charge on any atom is -0.345 e. The molecule has 30 heavy (non-hydrogen) atoms. The molecule has 0 saturated carbocycles. The van der Waals surface area contributed by atoms with Gasteiger partial charge in [0.25, 0.3) is 5.91 Å². The zero-order valence-corrected chi connectivity index (χ0v) is 18.7. The smallest absolute Gasteiger partial charge is 0.251 e. The number of carbonyl (C=O) groups excluding carboxylic acids is 1. The van der Waals surface area contributed by atoms with Gasteiger partial charge < -0.3 is 5.32 Å². The predicted molar refractivity (Wildman–Crippen MR) is 114 cm³/mol. The van der Waals surface area contributed by atoms with Gasteiger partial charge in [0.05, 0.1) is 15.8 Å². The van der Waals surface area contributed by atoms with Crippen molar-refractivity contribution in [1.29, 1.82) is 0 Å². The Morgan fingerprint density at radius 1 is 0.933 bits per heavy atom. The Kier molecular flexibility index (Phi) is 6.64. The van der Waals surface area contributed by atoms with Crippen LogP contribution < -0.4 is 5.32 Å². The monoisotopic (exact) mass is 450 g/mol. The van der Waals surface area contributed by atoms with Gasteiger partial charge in [0, 0.05) is 24.9 Å². The molecule has 0 spiro atoms. The molecular weight excluding hydrogens is 424 g/mol. The van der Waals surface area contributed by atoms with Crippen molar-refractivity contribution in [3.8, 4) is 0 Å². The van der Waals surface area contributed by atoms with Gasteiger partial charge in [-0.3, -0.25) is 4.79 Å². The van der Waals surface area contributed by atoms with Crippen LogP contribution in [0.15, 0.2) is 58.3 Å². The Balaban J connectivity index is 1.73. The van der Waals surface area contributed by atoms with Gasteiger partial charge in [0.1, 0.15) is 0 Å². The van der Waals surface area contributed by atoms with Crippen molar-refractivity contribution < 1.29 is 21.6 Å². The molecule has 1 atom stereocenters. The van der Waals surface area contributed by atoms with Gasteiger partial charge in [-0.05, 0) is 61.2 Å². The number of sulfone groups is 1. The molecule has 3 rings (SSSR count). The highest BCUT2D eigenvalue weighted by Crippen LogP contribution is 2.22. The van der Waals surface area contributed by atoms with E-state index < -0.39 is 19.9 Å². The van der Waals surface area contributed by atoms with Crippen LogP contribution in [0.5, 0.6) is 0 Å². The number of nitrogens with one attached hydrogen (secondary N) is 1. The second kappa shape index (κ2) is 8.87. The zero-order valence-electron chi connectivity index (χ0n) is 17.0. The maximum Gasteiger partial charge on any atom is 0.251 e. The molecule has 7 nitrogen and oxygen atoms in total. The van der Waals surface area contributed by atoms with E-state index in [1.165, 1.54) is 40.7 Å². The zero-order chi connectivity index (χ0) is 21.9. The number of benzene rings is 2. The average Bonchev–Trinajstić information content (AvgIpc) is 3.27. The van der Waals surface area contributed by atoms with E-state index in [4.69, 9.17) is 0 Å². The lowest BCUT2D eigenvalue weighted by atomic mass is 10.0. The Hall–Kier alpha value is -2.23. The van der Waals surface area contributed by atoms with Gasteiger partial charge in [0.2, 0.25) is 10.0 Å². The van der Waals surface area contributed by atoms with Crippen molar-refractivity contribution in [2.75, 3.05) is 19.3 Å². The van der Waals surface area contributed by atoms with Gasteiger partial charge in [-0.2, -0.15) is 4.31 Å². The van der Waals surface area contributed by atoms with Crippen LogP contribution in [0.3, 0.4) is 0 Å². The molecular formula is C21H26N2O5S2. The molecule has 0 bridgehead atoms. The van der Waals surface area contributed by atoms with Crippen molar-refractivity contribution >= 4 is 25.8 Å². The highest BCUT2D eigenvalue weighted by Gasteiger charge is 2.27. The summed E-state index contributed by atoms with van der Waals surface area (Å²) in [5, 5.41) is 2.92. The first-order valence-electron chi connectivity index (χ1n) is 9.84. The third kappa shape index (κ3) is 4.91. The third-order valence-electron chi connectivity index (χ3n) is 5.24. The summed E-state index contributed by atoms with van der Waals surface area (Å²) in [6.45, 7) is 2.98. The summed E-state index contributed by atoms with van der Waals surface area (Å²) in [7, 11) is -6.80. The van der Waals surface area contributed by atoms with E-state index in [1.54, 1.807) is 12.1 Å². The first-order chi connectivity index (χ1) is 14.1. The molecule has 1 saturated heterocycles. The largest absolute Gasteiger partial charge is 0.345 e. The molecule has 1 amide bonds. The second-order valence-corrected chi connectivity index (χ2v) is 11.4. The molecule has 1 aliphatic heterocycles. The molecule has 0 radical (unpaired) electrons. The summed E-state index contributed by atoms with van der Waals surface area (Å²) in [5.74, 6) is -0.320. The fraction of sp³-hybridized carbons (Fsp3) is 0.381. The number of sulfonamides is 1. The molecule has 162 valence electrons. The first-order valence-corrected chi connectivity index (χ1v) is 13.2. The van der Waals surface area contributed by atoms with E-state index in [2.05, 4.69) is 5.32 Å². The SMILES string of the molecule is CC[C@@H](NC(=O)c1ccc(S(=O)(=O)N2CCCC2)cc1)c1ccc(S(C)(=O)=O)cc1. The molecule has 1 aliphatic rings. The lowest BCUT2D eigenvalue weighted by molar-refractivity contribution is 0.0935. The standard InChI is InChI=1S/C21H26N2O5S2/c1-3-20(16-6-10-18(11-7-16)29(2,25)26)22-21(24)17-8-12-19(13-9-17)30(27,28)23-14-4-5-15-23/h6-13,20H,3-5,14-15H2,1-2H3,(H,22,24)/t20-/m1/s1. The van der Waals surface area contributed by atoms with Gasteiger partial charge in [-0.25, -0.2) is 16.8 Å². The quantitative estimate of drug-likeness (QED) is 0.699.